The summed E-state index contributed by atoms with van der Waals surface area (Å²) in [6.45, 7) is 0.991. The molecule has 1 saturated heterocycles. The van der Waals surface area contributed by atoms with Gasteiger partial charge in [0, 0.05) is 13.6 Å². The van der Waals surface area contributed by atoms with Crippen molar-refractivity contribution < 1.29 is 4.84 Å². The Morgan fingerprint density at radius 3 is 2.24 bits per heavy atom. The van der Waals surface area contributed by atoms with Crippen molar-refractivity contribution in [2.75, 3.05) is 20.6 Å². The lowest BCUT2D eigenvalue weighted by atomic mass is 10.0. The Balaban J connectivity index is 1.69. The monoisotopic (exact) mass is 282 g/mol. The van der Waals surface area contributed by atoms with Gasteiger partial charge in [0.25, 0.3) is 0 Å². The lowest BCUT2D eigenvalue weighted by Gasteiger charge is -2.42. The lowest BCUT2D eigenvalue weighted by Crippen LogP contribution is -2.51. The number of likely N-dealkylation sites (N-methyl/N-ethyl adjacent to an activating group) is 2. The van der Waals surface area contributed by atoms with Crippen molar-refractivity contribution >= 4 is 0 Å². The molecule has 110 valence electrons. The summed E-state index contributed by atoms with van der Waals surface area (Å²) < 4.78 is 0. The number of hydroxylamine groups is 2. The quantitative estimate of drug-likeness (QED) is 0.860. The number of hydrogen-bond acceptors (Lipinski definition) is 3. The van der Waals surface area contributed by atoms with Crippen LogP contribution >= 0.6 is 0 Å². The second kappa shape index (κ2) is 6.39. The predicted molar refractivity (Wildman–Crippen MR) is 84.6 cm³/mol. The molecule has 21 heavy (non-hydrogen) atoms. The Labute approximate surface area is 126 Å². The maximum Gasteiger partial charge on any atom is 0.157 e. The third-order valence-corrected chi connectivity index (χ3v) is 4.08. The highest BCUT2D eigenvalue weighted by Crippen LogP contribution is 2.28. The highest BCUT2D eigenvalue weighted by molar-refractivity contribution is 5.18. The van der Waals surface area contributed by atoms with Gasteiger partial charge in [0.15, 0.2) is 6.23 Å². The molecule has 0 unspecified atom stereocenters. The first kappa shape index (κ1) is 14.3. The van der Waals surface area contributed by atoms with Crippen molar-refractivity contribution in [3.63, 3.8) is 0 Å². The van der Waals surface area contributed by atoms with Gasteiger partial charge in [0.1, 0.15) is 0 Å². The second-order valence-corrected chi connectivity index (χ2v) is 5.70. The van der Waals surface area contributed by atoms with E-state index in [0.717, 1.165) is 13.0 Å². The van der Waals surface area contributed by atoms with E-state index < -0.39 is 0 Å². The third-order valence-electron chi connectivity index (χ3n) is 4.08. The molecule has 0 aromatic heterocycles. The molecule has 0 saturated carbocycles. The SMILES string of the molecule is CN1C[C@@H](Cc2ccccc2)N(C)O[C@@H]1c1ccccc1. The smallest absolute Gasteiger partial charge is 0.157 e. The predicted octanol–water partition coefficient (Wildman–Crippen LogP) is 3.11. The van der Waals surface area contributed by atoms with E-state index in [4.69, 9.17) is 4.84 Å². The number of nitrogens with zero attached hydrogens (tertiary/aromatic N) is 2. The highest BCUT2D eigenvalue weighted by atomic mass is 16.7. The van der Waals surface area contributed by atoms with Crippen LogP contribution in [0.3, 0.4) is 0 Å². The van der Waals surface area contributed by atoms with Crippen LogP contribution in [0.1, 0.15) is 17.4 Å². The summed E-state index contributed by atoms with van der Waals surface area (Å²) >= 11 is 0. The molecular formula is C18H22N2O. The van der Waals surface area contributed by atoms with Crippen molar-refractivity contribution in [2.45, 2.75) is 18.7 Å². The fourth-order valence-corrected chi connectivity index (χ4v) is 2.88. The molecular weight excluding hydrogens is 260 g/mol. The van der Waals surface area contributed by atoms with E-state index in [-0.39, 0.29) is 6.23 Å². The normalized spacial score (nSPS) is 24.1. The summed E-state index contributed by atoms with van der Waals surface area (Å²) in [5, 5.41) is 2.02. The molecule has 1 fully saturated rings. The van der Waals surface area contributed by atoms with Crippen LogP contribution < -0.4 is 0 Å². The summed E-state index contributed by atoms with van der Waals surface area (Å²) in [5.74, 6) is 0. The maximum atomic E-state index is 6.13. The molecule has 2 aromatic carbocycles. The van der Waals surface area contributed by atoms with Crippen molar-refractivity contribution in [2.24, 2.45) is 0 Å². The summed E-state index contributed by atoms with van der Waals surface area (Å²) in [7, 11) is 4.17. The molecule has 2 aromatic rings. The van der Waals surface area contributed by atoms with Gasteiger partial charge in [-0.25, -0.2) is 0 Å². The molecule has 3 rings (SSSR count). The van der Waals surface area contributed by atoms with Gasteiger partial charge >= 0.3 is 0 Å². The van der Waals surface area contributed by atoms with Crippen LogP contribution in [0.5, 0.6) is 0 Å². The fourth-order valence-electron chi connectivity index (χ4n) is 2.88. The highest BCUT2D eigenvalue weighted by Gasteiger charge is 2.31. The summed E-state index contributed by atoms with van der Waals surface area (Å²) in [5.41, 5.74) is 2.55. The second-order valence-electron chi connectivity index (χ2n) is 5.70. The third kappa shape index (κ3) is 3.32. The van der Waals surface area contributed by atoms with E-state index >= 15 is 0 Å². The average Bonchev–Trinajstić information content (AvgIpc) is 2.52. The molecule has 3 nitrogen and oxygen atoms in total. The van der Waals surface area contributed by atoms with Crippen LogP contribution in [0.2, 0.25) is 0 Å². The van der Waals surface area contributed by atoms with Gasteiger partial charge in [-0.3, -0.25) is 9.74 Å². The van der Waals surface area contributed by atoms with E-state index in [1.807, 2.05) is 18.2 Å². The average molecular weight is 282 g/mol. The van der Waals surface area contributed by atoms with Gasteiger partial charge in [0.05, 0.1) is 6.04 Å². The van der Waals surface area contributed by atoms with Gasteiger partial charge in [-0.05, 0) is 24.6 Å². The zero-order valence-electron chi connectivity index (χ0n) is 12.6. The molecule has 0 bridgehead atoms. The van der Waals surface area contributed by atoms with Crippen LogP contribution in [0.15, 0.2) is 60.7 Å². The zero-order valence-corrected chi connectivity index (χ0v) is 12.6. The minimum absolute atomic E-state index is 0.00298. The standard InChI is InChI=1S/C18H22N2O/c1-19-14-17(13-15-9-5-3-6-10-15)20(2)21-18(19)16-11-7-4-8-12-16/h3-12,17-18H,13-14H2,1-2H3/t17-,18-/m1/s1. The number of rotatable bonds is 3. The molecule has 0 spiro atoms. The number of benzene rings is 2. The Hall–Kier alpha value is -1.68. The number of hydrogen-bond donors (Lipinski definition) is 0. The minimum Gasteiger partial charge on any atom is -0.275 e. The van der Waals surface area contributed by atoms with Gasteiger partial charge in [-0.2, -0.15) is 5.06 Å². The summed E-state index contributed by atoms with van der Waals surface area (Å²) in [6, 6.07) is 21.4. The molecule has 1 aliphatic rings. The van der Waals surface area contributed by atoms with Crippen molar-refractivity contribution in [1.29, 1.82) is 0 Å². The Morgan fingerprint density at radius 2 is 1.57 bits per heavy atom. The van der Waals surface area contributed by atoms with E-state index in [1.54, 1.807) is 0 Å². The Bertz CT molecular complexity index is 558. The molecule has 2 atom stereocenters. The van der Waals surface area contributed by atoms with Gasteiger partial charge in [0.2, 0.25) is 0 Å². The maximum absolute atomic E-state index is 6.13. The van der Waals surface area contributed by atoms with Gasteiger partial charge in [-0.1, -0.05) is 60.7 Å². The van der Waals surface area contributed by atoms with Crippen LogP contribution in [0.25, 0.3) is 0 Å². The van der Waals surface area contributed by atoms with Gasteiger partial charge in [-0.15, -0.1) is 0 Å². The first-order valence-electron chi connectivity index (χ1n) is 7.43. The Kier molecular flexibility index (Phi) is 4.34. The van der Waals surface area contributed by atoms with Crippen LogP contribution in [0.4, 0.5) is 0 Å². The molecule has 1 heterocycles. The fraction of sp³-hybridized carbons (Fsp3) is 0.333. The van der Waals surface area contributed by atoms with E-state index in [9.17, 15) is 0 Å². The summed E-state index contributed by atoms with van der Waals surface area (Å²) in [6.07, 6.45) is 1.01. The lowest BCUT2D eigenvalue weighted by molar-refractivity contribution is -0.283. The van der Waals surface area contributed by atoms with Crippen LogP contribution in [-0.4, -0.2) is 36.6 Å². The molecule has 0 aliphatic carbocycles. The molecule has 3 heteroatoms. The molecule has 1 aliphatic heterocycles. The van der Waals surface area contributed by atoms with E-state index in [2.05, 4.69) is 66.5 Å². The van der Waals surface area contributed by atoms with E-state index in [0.29, 0.717) is 6.04 Å². The Morgan fingerprint density at radius 1 is 0.952 bits per heavy atom. The first-order chi connectivity index (χ1) is 10.2. The topological polar surface area (TPSA) is 15.7 Å². The van der Waals surface area contributed by atoms with Crippen molar-refractivity contribution in [1.82, 2.24) is 9.96 Å². The summed E-state index contributed by atoms with van der Waals surface area (Å²) in [4.78, 5) is 8.41. The van der Waals surface area contributed by atoms with Crippen molar-refractivity contribution in [3.05, 3.63) is 71.8 Å². The van der Waals surface area contributed by atoms with Crippen LogP contribution in [0, 0.1) is 0 Å². The minimum atomic E-state index is 0.00298. The van der Waals surface area contributed by atoms with Crippen LogP contribution in [-0.2, 0) is 11.3 Å². The molecule has 0 amide bonds. The van der Waals surface area contributed by atoms with E-state index in [1.165, 1.54) is 11.1 Å². The van der Waals surface area contributed by atoms with Crippen molar-refractivity contribution in [3.8, 4) is 0 Å². The molecule has 0 radical (unpaired) electrons. The first-order valence-corrected chi connectivity index (χ1v) is 7.43. The van der Waals surface area contributed by atoms with Gasteiger partial charge < -0.3 is 0 Å². The largest absolute Gasteiger partial charge is 0.275 e. The zero-order chi connectivity index (χ0) is 14.7. The molecule has 0 N–H and O–H groups in total.